The predicted molar refractivity (Wildman–Crippen MR) is 79.0 cm³/mol. The van der Waals surface area contributed by atoms with Crippen LogP contribution in [0.4, 0.5) is 0 Å². The lowest BCUT2D eigenvalue weighted by Crippen LogP contribution is -2.52. The number of imide groups is 1. The van der Waals surface area contributed by atoms with E-state index in [0.717, 1.165) is 9.37 Å². The van der Waals surface area contributed by atoms with E-state index >= 15 is 0 Å². The first-order valence-electron chi connectivity index (χ1n) is 6.39. The molecule has 1 aliphatic rings. The number of ether oxygens (including phenoxy) is 1. The molecule has 2 rings (SSSR count). The Morgan fingerprint density at radius 3 is 2.81 bits per heavy atom. The van der Waals surface area contributed by atoms with Gasteiger partial charge in [-0.25, -0.2) is 0 Å². The molecule has 1 fully saturated rings. The molecule has 6 nitrogen and oxygen atoms in total. The second-order valence-electron chi connectivity index (χ2n) is 4.70. The average molecular weight is 355 g/mol. The maximum absolute atomic E-state index is 12.3. The summed E-state index contributed by atoms with van der Waals surface area (Å²) < 4.78 is 5.95. The Labute approximate surface area is 130 Å². The molecule has 1 atom stereocenters. The van der Waals surface area contributed by atoms with Crippen LogP contribution in [0, 0.1) is 0 Å². The summed E-state index contributed by atoms with van der Waals surface area (Å²) in [6.45, 7) is 0. The third kappa shape index (κ3) is 3.24. The Balaban J connectivity index is 2.15. The number of likely N-dealkylation sites (N-methyl/N-ethyl adjacent to an activating group) is 1. The molecule has 112 valence electrons. The Morgan fingerprint density at radius 2 is 2.14 bits per heavy atom. The summed E-state index contributed by atoms with van der Waals surface area (Å²) in [6.07, 6.45) is 0.553. The number of likely N-dealkylation sites (tertiary alicyclic amines) is 1. The Hall–Kier alpha value is -1.89. The average Bonchev–Trinajstić information content (AvgIpc) is 2.47. The molecule has 21 heavy (non-hydrogen) atoms. The maximum atomic E-state index is 12.3. The number of rotatable bonds is 3. The number of nitrogens with one attached hydrogen (secondary N) is 1. The molecule has 1 heterocycles. The van der Waals surface area contributed by atoms with Gasteiger partial charge in [-0.05, 0) is 24.6 Å². The summed E-state index contributed by atoms with van der Waals surface area (Å²) in [5.41, 5.74) is 0.341. The molecule has 1 aromatic rings. The van der Waals surface area contributed by atoms with Crippen molar-refractivity contribution >= 4 is 33.7 Å². The molecule has 0 radical (unpaired) electrons. The van der Waals surface area contributed by atoms with Crippen molar-refractivity contribution in [1.82, 2.24) is 10.2 Å². The Kier molecular flexibility index (Phi) is 4.62. The predicted octanol–water partition coefficient (Wildman–Crippen LogP) is 1.33. The highest BCUT2D eigenvalue weighted by Crippen LogP contribution is 2.24. The minimum absolute atomic E-state index is 0.230. The van der Waals surface area contributed by atoms with Crippen molar-refractivity contribution in [2.75, 3.05) is 14.2 Å². The number of amides is 3. The molecular weight excluding hydrogens is 340 g/mol. The number of hydrogen-bond donors (Lipinski definition) is 1. The molecule has 0 aromatic heterocycles. The minimum atomic E-state index is -0.687. The third-order valence-electron chi connectivity index (χ3n) is 3.36. The molecule has 7 heteroatoms. The number of methoxy groups -OCH3 is 1. The molecule has 1 unspecified atom stereocenters. The van der Waals surface area contributed by atoms with Gasteiger partial charge in [-0.15, -0.1) is 0 Å². The Morgan fingerprint density at radius 1 is 1.43 bits per heavy atom. The normalized spacial score (nSPS) is 18.6. The van der Waals surface area contributed by atoms with E-state index in [9.17, 15) is 14.4 Å². The van der Waals surface area contributed by atoms with Crippen molar-refractivity contribution < 1.29 is 19.1 Å². The SMILES string of the molecule is COc1cc(Br)ccc1C(=O)NC1CCC(=O)N(C)C1=O. The van der Waals surface area contributed by atoms with Crippen molar-refractivity contribution in [2.45, 2.75) is 18.9 Å². The first-order chi connectivity index (χ1) is 9.93. The maximum Gasteiger partial charge on any atom is 0.255 e. The summed E-state index contributed by atoms with van der Waals surface area (Å²) >= 11 is 3.30. The van der Waals surface area contributed by atoms with Crippen molar-refractivity contribution in [3.63, 3.8) is 0 Å². The van der Waals surface area contributed by atoms with Gasteiger partial charge in [0, 0.05) is 17.9 Å². The largest absolute Gasteiger partial charge is 0.496 e. The number of benzene rings is 1. The molecule has 0 bridgehead atoms. The van der Waals surface area contributed by atoms with Gasteiger partial charge < -0.3 is 10.1 Å². The van der Waals surface area contributed by atoms with Crippen molar-refractivity contribution in [2.24, 2.45) is 0 Å². The fraction of sp³-hybridized carbons (Fsp3) is 0.357. The first-order valence-corrected chi connectivity index (χ1v) is 7.18. The van der Waals surface area contributed by atoms with Crippen LogP contribution in [-0.2, 0) is 9.59 Å². The lowest BCUT2D eigenvalue weighted by Gasteiger charge is -2.28. The minimum Gasteiger partial charge on any atom is -0.496 e. The van der Waals surface area contributed by atoms with Crippen LogP contribution >= 0.6 is 15.9 Å². The van der Waals surface area contributed by atoms with Crippen molar-refractivity contribution in [1.29, 1.82) is 0 Å². The van der Waals surface area contributed by atoms with E-state index in [1.54, 1.807) is 18.2 Å². The standard InChI is InChI=1S/C14H15BrN2O4/c1-17-12(18)6-5-10(14(17)20)16-13(19)9-4-3-8(15)7-11(9)21-2/h3-4,7,10H,5-6H2,1-2H3,(H,16,19). The van der Waals surface area contributed by atoms with Crippen LogP contribution in [-0.4, -0.2) is 42.8 Å². The van der Waals surface area contributed by atoms with Crippen LogP contribution in [0.15, 0.2) is 22.7 Å². The van der Waals surface area contributed by atoms with Crippen LogP contribution in [0.25, 0.3) is 0 Å². The molecular formula is C14H15BrN2O4. The van der Waals surface area contributed by atoms with Gasteiger partial charge in [0.15, 0.2) is 0 Å². The molecule has 1 aliphatic heterocycles. The quantitative estimate of drug-likeness (QED) is 0.831. The van der Waals surface area contributed by atoms with Crippen LogP contribution in [0.5, 0.6) is 5.75 Å². The summed E-state index contributed by atoms with van der Waals surface area (Å²) in [7, 11) is 2.89. The zero-order chi connectivity index (χ0) is 15.6. The highest BCUT2D eigenvalue weighted by Gasteiger charge is 2.33. The second-order valence-corrected chi connectivity index (χ2v) is 5.62. The molecule has 0 aliphatic carbocycles. The zero-order valence-electron chi connectivity index (χ0n) is 11.7. The van der Waals surface area contributed by atoms with Crippen LogP contribution in [0.1, 0.15) is 23.2 Å². The summed E-state index contributed by atoms with van der Waals surface area (Å²) in [5.74, 6) is -0.614. The fourth-order valence-corrected chi connectivity index (χ4v) is 2.48. The van der Waals surface area contributed by atoms with Gasteiger partial charge in [-0.1, -0.05) is 15.9 Å². The van der Waals surface area contributed by atoms with Gasteiger partial charge in [0.1, 0.15) is 11.8 Å². The topological polar surface area (TPSA) is 75.7 Å². The first kappa shape index (κ1) is 15.5. The van der Waals surface area contributed by atoms with Gasteiger partial charge in [-0.2, -0.15) is 0 Å². The number of hydrogen-bond acceptors (Lipinski definition) is 4. The second kappa shape index (κ2) is 6.26. The van der Waals surface area contributed by atoms with E-state index in [4.69, 9.17) is 4.74 Å². The number of piperidine rings is 1. The van der Waals surface area contributed by atoms with E-state index in [-0.39, 0.29) is 12.3 Å². The summed E-state index contributed by atoms with van der Waals surface area (Å²) in [4.78, 5) is 36.7. The number of halogens is 1. The van der Waals surface area contributed by atoms with E-state index in [2.05, 4.69) is 21.2 Å². The number of nitrogens with zero attached hydrogens (tertiary/aromatic N) is 1. The zero-order valence-corrected chi connectivity index (χ0v) is 13.3. The summed E-state index contributed by atoms with van der Waals surface area (Å²) in [5, 5.41) is 2.65. The van der Waals surface area contributed by atoms with E-state index in [0.29, 0.717) is 17.7 Å². The molecule has 3 amide bonds. The van der Waals surface area contributed by atoms with Gasteiger partial charge in [0.25, 0.3) is 11.8 Å². The lowest BCUT2D eigenvalue weighted by molar-refractivity contribution is -0.147. The van der Waals surface area contributed by atoms with Gasteiger partial charge in [-0.3, -0.25) is 19.3 Å². The van der Waals surface area contributed by atoms with Gasteiger partial charge in [0.05, 0.1) is 12.7 Å². The van der Waals surface area contributed by atoms with E-state index in [1.807, 2.05) is 0 Å². The van der Waals surface area contributed by atoms with Crippen LogP contribution < -0.4 is 10.1 Å². The smallest absolute Gasteiger partial charge is 0.255 e. The van der Waals surface area contributed by atoms with Crippen LogP contribution in [0.2, 0.25) is 0 Å². The molecule has 0 saturated carbocycles. The highest BCUT2D eigenvalue weighted by molar-refractivity contribution is 9.10. The Bertz CT molecular complexity index is 603. The van der Waals surface area contributed by atoms with E-state index in [1.165, 1.54) is 14.2 Å². The lowest BCUT2D eigenvalue weighted by atomic mass is 10.0. The molecule has 1 N–H and O–H groups in total. The van der Waals surface area contributed by atoms with E-state index < -0.39 is 17.9 Å². The number of carbonyl (C=O) groups excluding carboxylic acids is 3. The third-order valence-corrected chi connectivity index (χ3v) is 3.86. The number of carbonyl (C=O) groups is 3. The fourth-order valence-electron chi connectivity index (χ4n) is 2.14. The van der Waals surface area contributed by atoms with Crippen LogP contribution in [0.3, 0.4) is 0 Å². The van der Waals surface area contributed by atoms with Crippen molar-refractivity contribution in [3.05, 3.63) is 28.2 Å². The molecule has 1 aromatic carbocycles. The van der Waals surface area contributed by atoms with Gasteiger partial charge >= 0.3 is 0 Å². The molecule has 0 spiro atoms. The summed E-state index contributed by atoms with van der Waals surface area (Å²) in [6, 6.07) is 4.32. The van der Waals surface area contributed by atoms with Crippen molar-refractivity contribution in [3.8, 4) is 5.75 Å². The monoisotopic (exact) mass is 354 g/mol. The highest BCUT2D eigenvalue weighted by atomic mass is 79.9. The van der Waals surface area contributed by atoms with Gasteiger partial charge in [0.2, 0.25) is 5.91 Å². The molecule has 1 saturated heterocycles.